The van der Waals surface area contributed by atoms with Crippen LogP contribution in [0.25, 0.3) is 10.8 Å². The van der Waals surface area contributed by atoms with Crippen LogP contribution >= 0.6 is 0 Å². The second kappa shape index (κ2) is 6.05. The van der Waals surface area contributed by atoms with E-state index in [2.05, 4.69) is 22.1 Å². The van der Waals surface area contributed by atoms with Gasteiger partial charge in [0.2, 0.25) is 0 Å². The molecule has 6 nitrogen and oxygen atoms in total. The Morgan fingerprint density at radius 1 is 1.38 bits per heavy atom. The van der Waals surface area contributed by atoms with Crippen molar-refractivity contribution >= 4 is 22.1 Å². The molecule has 0 aliphatic rings. The maximum atomic E-state index is 11.1. The van der Waals surface area contributed by atoms with Gasteiger partial charge in [0.25, 0.3) is 5.69 Å². The molecule has 2 rings (SSSR count). The summed E-state index contributed by atoms with van der Waals surface area (Å²) in [7, 11) is 4.03. The summed E-state index contributed by atoms with van der Waals surface area (Å²) in [6, 6.07) is 5.42. The van der Waals surface area contributed by atoms with Crippen LogP contribution in [0.4, 0.5) is 11.4 Å². The summed E-state index contributed by atoms with van der Waals surface area (Å²) in [5.74, 6) is 0. The molecule has 0 amide bonds. The number of nitro benzene ring substituents is 1. The molecule has 0 aliphatic heterocycles. The van der Waals surface area contributed by atoms with Crippen LogP contribution in [0, 0.1) is 17.0 Å². The number of nitrogens with zero attached hydrogens (tertiary/aromatic N) is 3. The van der Waals surface area contributed by atoms with Crippen LogP contribution in [-0.2, 0) is 0 Å². The molecule has 1 unspecified atom stereocenters. The molecule has 1 aromatic carbocycles. The van der Waals surface area contributed by atoms with Crippen LogP contribution in [-0.4, -0.2) is 41.5 Å². The minimum Gasteiger partial charge on any atom is -0.381 e. The lowest BCUT2D eigenvalue weighted by Gasteiger charge is -2.20. The van der Waals surface area contributed by atoms with Gasteiger partial charge in [0.05, 0.1) is 10.3 Å². The Morgan fingerprint density at radius 3 is 2.71 bits per heavy atom. The van der Waals surface area contributed by atoms with Crippen LogP contribution < -0.4 is 5.32 Å². The third-order valence-electron chi connectivity index (χ3n) is 3.25. The second-order valence-corrected chi connectivity index (χ2v) is 5.57. The van der Waals surface area contributed by atoms with E-state index < -0.39 is 0 Å². The smallest absolute Gasteiger partial charge is 0.278 e. The number of likely N-dealkylation sites (N-methyl/N-ethyl adjacent to an activating group) is 1. The number of hydrogen-bond acceptors (Lipinski definition) is 5. The number of aromatic nitrogens is 1. The van der Waals surface area contributed by atoms with E-state index in [0.29, 0.717) is 5.39 Å². The minimum absolute atomic E-state index is 0.0864. The SMILES string of the molecule is Cc1cc2c(NC(C)CN(C)C)ccc([N+](=O)[O-])c2cn1. The first-order valence-corrected chi connectivity index (χ1v) is 6.83. The van der Waals surface area contributed by atoms with Gasteiger partial charge in [0, 0.05) is 41.6 Å². The molecule has 0 saturated carbocycles. The standard InChI is InChI=1S/C15H20N4O2/c1-10-7-12-13(8-16-10)15(19(20)21)6-5-14(12)17-11(2)9-18(3)4/h5-8,11,17H,9H2,1-4H3. The first kappa shape index (κ1) is 15.2. The van der Waals surface area contributed by atoms with Crippen molar-refractivity contribution in [3.8, 4) is 0 Å². The van der Waals surface area contributed by atoms with Crippen molar-refractivity contribution in [3.63, 3.8) is 0 Å². The summed E-state index contributed by atoms with van der Waals surface area (Å²) in [4.78, 5) is 17.0. The van der Waals surface area contributed by atoms with Crippen LogP contribution in [0.1, 0.15) is 12.6 Å². The number of pyridine rings is 1. The normalized spacial score (nSPS) is 12.6. The fourth-order valence-corrected chi connectivity index (χ4v) is 2.47. The highest BCUT2D eigenvalue weighted by Gasteiger charge is 2.16. The summed E-state index contributed by atoms with van der Waals surface area (Å²) in [5, 5.41) is 15.9. The first-order valence-electron chi connectivity index (χ1n) is 6.83. The summed E-state index contributed by atoms with van der Waals surface area (Å²) >= 11 is 0. The largest absolute Gasteiger partial charge is 0.381 e. The van der Waals surface area contributed by atoms with E-state index >= 15 is 0 Å². The third-order valence-corrected chi connectivity index (χ3v) is 3.25. The number of nitro groups is 1. The van der Waals surface area contributed by atoms with Gasteiger partial charge in [0.15, 0.2) is 0 Å². The van der Waals surface area contributed by atoms with Crippen LogP contribution in [0.5, 0.6) is 0 Å². The van der Waals surface area contributed by atoms with Crippen molar-refractivity contribution < 1.29 is 4.92 Å². The molecule has 21 heavy (non-hydrogen) atoms. The van der Waals surface area contributed by atoms with E-state index in [1.807, 2.05) is 27.1 Å². The molecule has 0 fully saturated rings. The molecule has 0 radical (unpaired) electrons. The lowest BCUT2D eigenvalue weighted by Crippen LogP contribution is -2.29. The Labute approximate surface area is 123 Å². The average molecular weight is 288 g/mol. The summed E-state index contributed by atoms with van der Waals surface area (Å²) in [6.07, 6.45) is 1.57. The zero-order valence-corrected chi connectivity index (χ0v) is 12.8. The summed E-state index contributed by atoms with van der Waals surface area (Å²) in [6.45, 7) is 4.84. The van der Waals surface area contributed by atoms with Gasteiger partial charge in [-0.3, -0.25) is 15.1 Å². The van der Waals surface area contributed by atoms with Crippen molar-refractivity contribution in [2.75, 3.05) is 26.0 Å². The van der Waals surface area contributed by atoms with E-state index in [9.17, 15) is 10.1 Å². The first-order chi connectivity index (χ1) is 9.88. The van der Waals surface area contributed by atoms with Gasteiger partial charge in [-0.2, -0.15) is 0 Å². The Morgan fingerprint density at radius 2 is 2.10 bits per heavy atom. The fraction of sp³-hybridized carbons (Fsp3) is 0.400. The predicted octanol–water partition coefficient (Wildman–Crippen LogP) is 2.81. The quantitative estimate of drug-likeness (QED) is 0.676. The molecule has 0 aliphatic carbocycles. The molecular weight excluding hydrogens is 268 g/mol. The van der Waals surface area contributed by atoms with Crippen molar-refractivity contribution in [1.82, 2.24) is 9.88 Å². The molecule has 112 valence electrons. The van der Waals surface area contributed by atoms with Gasteiger partial charge in [-0.1, -0.05) is 0 Å². The van der Waals surface area contributed by atoms with Crippen molar-refractivity contribution in [1.29, 1.82) is 0 Å². The number of rotatable bonds is 5. The molecule has 1 atom stereocenters. The van der Waals surface area contributed by atoms with Crippen molar-refractivity contribution in [2.24, 2.45) is 0 Å². The Hall–Kier alpha value is -2.21. The van der Waals surface area contributed by atoms with Crippen LogP contribution in [0.3, 0.4) is 0 Å². The highest BCUT2D eigenvalue weighted by Crippen LogP contribution is 2.31. The van der Waals surface area contributed by atoms with E-state index in [0.717, 1.165) is 23.3 Å². The molecule has 2 aromatic rings. The Kier molecular flexibility index (Phi) is 4.37. The maximum Gasteiger partial charge on any atom is 0.278 e. The summed E-state index contributed by atoms with van der Waals surface area (Å²) in [5.41, 5.74) is 1.82. The summed E-state index contributed by atoms with van der Waals surface area (Å²) < 4.78 is 0. The second-order valence-electron chi connectivity index (χ2n) is 5.57. The van der Waals surface area contributed by atoms with Gasteiger partial charge in [0.1, 0.15) is 0 Å². The number of hydrogen-bond donors (Lipinski definition) is 1. The van der Waals surface area contributed by atoms with E-state index in [1.54, 1.807) is 12.3 Å². The molecule has 6 heteroatoms. The van der Waals surface area contributed by atoms with E-state index in [4.69, 9.17) is 0 Å². The lowest BCUT2D eigenvalue weighted by atomic mass is 10.1. The molecule has 1 aromatic heterocycles. The molecule has 1 N–H and O–H groups in total. The Balaban J connectivity index is 2.47. The number of nitrogens with one attached hydrogen (secondary N) is 1. The number of non-ortho nitro benzene ring substituents is 1. The lowest BCUT2D eigenvalue weighted by molar-refractivity contribution is -0.383. The zero-order valence-electron chi connectivity index (χ0n) is 12.8. The number of anilines is 1. The van der Waals surface area contributed by atoms with Gasteiger partial charge in [-0.15, -0.1) is 0 Å². The van der Waals surface area contributed by atoms with Crippen molar-refractivity contribution in [3.05, 3.63) is 40.2 Å². The van der Waals surface area contributed by atoms with Gasteiger partial charge in [-0.25, -0.2) is 0 Å². The van der Waals surface area contributed by atoms with Crippen molar-refractivity contribution in [2.45, 2.75) is 19.9 Å². The Bertz CT molecular complexity index is 670. The van der Waals surface area contributed by atoms with E-state index in [1.165, 1.54) is 6.07 Å². The third kappa shape index (κ3) is 3.46. The molecule has 1 heterocycles. The van der Waals surface area contributed by atoms with Gasteiger partial charge >= 0.3 is 0 Å². The number of fused-ring (bicyclic) bond motifs is 1. The molecule has 0 spiro atoms. The highest BCUT2D eigenvalue weighted by atomic mass is 16.6. The van der Waals surface area contributed by atoms with E-state index in [-0.39, 0.29) is 16.7 Å². The monoisotopic (exact) mass is 288 g/mol. The number of benzene rings is 1. The topological polar surface area (TPSA) is 71.3 Å². The zero-order chi connectivity index (χ0) is 15.6. The molecule has 0 saturated heterocycles. The highest BCUT2D eigenvalue weighted by molar-refractivity contribution is 5.99. The van der Waals surface area contributed by atoms with Gasteiger partial charge < -0.3 is 10.2 Å². The average Bonchev–Trinajstić information content (AvgIpc) is 2.37. The minimum atomic E-state index is -0.369. The predicted molar refractivity (Wildman–Crippen MR) is 84.8 cm³/mol. The van der Waals surface area contributed by atoms with Gasteiger partial charge in [-0.05, 0) is 40.1 Å². The molecular formula is C15H20N4O2. The maximum absolute atomic E-state index is 11.1. The van der Waals surface area contributed by atoms with Crippen LogP contribution in [0.2, 0.25) is 0 Å². The van der Waals surface area contributed by atoms with Crippen LogP contribution in [0.15, 0.2) is 24.4 Å². The number of aryl methyl sites for hydroxylation is 1. The molecule has 0 bridgehead atoms. The fourth-order valence-electron chi connectivity index (χ4n) is 2.47.